The molecule has 0 aromatic heterocycles. The summed E-state index contributed by atoms with van der Waals surface area (Å²) in [5.41, 5.74) is 0. The van der Waals surface area contributed by atoms with Gasteiger partial charge < -0.3 is 5.11 Å². The fourth-order valence-electron chi connectivity index (χ4n) is 1.05. The second kappa shape index (κ2) is 11.3. The van der Waals surface area contributed by atoms with E-state index in [9.17, 15) is 0 Å². The molecular weight excluding hydrogens is 168 g/mol. The van der Waals surface area contributed by atoms with Gasteiger partial charge in [0.05, 0.1) is 0 Å². The van der Waals surface area contributed by atoms with Gasteiger partial charge in [-0.15, -0.1) is 0 Å². The van der Waals surface area contributed by atoms with E-state index in [1.807, 2.05) is 11.8 Å². The van der Waals surface area contributed by atoms with Crippen LogP contribution in [0, 0.1) is 0 Å². The van der Waals surface area contributed by atoms with Crippen molar-refractivity contribution in [2.24, 2.45) is 0 Å². The predicted octanol–water partition coefficient (Wildman–Crippen LogP) is 3.07. The molecule has 0 aromatic carbocycles. The van der Waals surface area contributed by atoms with Crippen LogP contribution in [0.3, 0.4) is 0 Å². The molecule has 0 amide bonds. The molecule has 0 aliphatic rings. The van der Waals surface area contributed by atoms with Crippen molar-refractivity contribution in [1.29, 1.82) is 0 Å². The van der Waals surface area contributed by atoms with E-state index in [0.717, 1.165) is 6.42 Å². The molecule has 0 spiro atoms. The summed E-state index contributed by atoms with van der Waals surface area (Å²) in [4.78, 5) is 0. The van der Waals surface area contributed by atoms with Crippen LogP contribution in [-0.2, 0) is 0 Å². The first kappa shape index (κ1) is 12.3. The first-order valence-corrected chi connectivity index (χ1v) is 6.26. The number of rotatable bonds is 9. The van der Waals surface area contributed by atoms with Crippen molar-refractivity contribution in [3.05, 3.63) is 0 Å². The van der Waals surface area contributed by atoms with Gasteiger partial charge in [0, 0.05) is 6.61 Å². The molecule has 0 aromatic rings. The number of unbranched alkanes of at least 4 members (excludes halogenated alkanes) is 4. The highest BCUT2D eigenvalue weighted by atomic mass is 32.2. The molecule has 0 aliphatic heterocycles. The van der Waals surface area contributed by atoms with Crippen LogP contribution in [0.15, 0.2) is 0 Å². The number of hydrogen-bond donors (Lipinski definition) is 1. The molecular formula is C10H22OS. The quantitative estimate of drug-likeness (QED) is 0.564. The lowest BCUT2D eigenvalue weighted by atomic mass is 10.2. The van der Waals surface area contributed by atoms with Crippen LogP contribution >= 0.6 is 11.8 Å². The summed E-state index contributed by atoms with van der Waals surface area (Å²) in [6, 6.07) is 0. The molecule has 2 heteroatoms. The summed E-state index contributed by atoms with van der Waals surface area (Å²) in [6.07, 6.45) is 7.63. The molecule has 0 rings (SSSR count). The van der Waals surface area contributed by atoms with Gasteiger partial charge in [-0.2, -0.15) is 11.8 Å². The highest BCUT2D eigenvalue weighted by Crippen LogP contribution is 2.09. The molecule has 0 bridgehead atoms. The molecule has 0 fully saturated rings. The molecule has 1 N–H and O–H groups in total. The maximum absolute atomic E-state index is 8.53. The highest BCUT2D eigenvalue weighted by Gasteiger charge is 1.90. The summed E-state index contributed by atoms with van der Waals surface area (Å²) in [7, 11) is 0. The van der Waals surface area contributed by atoms with Crippen LogP contribution in [-0.4, -0.2) is 23.2 Å². The van der Waals surface area contributed by atoms with Gasteiger partial charge in [-0.05, 0) is 30.8 Å². The van der Waals surface area contributed by atoms with Crippen LogP contribution in [0.5, 0.6) is 0 Å². The van der Waals surface area contributed by atoms with Gasteiger partial charge >= 0.3 is 0 Å². The minimum atomic E-state index is 0.358. The van der Waals surface area contributed by atoms with E-state index in [-0.39, 0.29) is 0 Å². The molecule has 0 aliphatic carbocycles. The zero-order valence-electron chi connectivity index (χ0n) is 8.22. The number of hydrogen-bond acceptors (Lipinski definition) is 2. The third kappa shape index (κ3) is 10.3. The van der Waals surface area contributed by atoms with Gasteiger partial charge in [0.15, 0.2) is 0 Å². The van der Waals surface area contributed by atoms with Gasteiger partial charge in [0.2, 0.25) is 0 Å². The Morgan fingerprint density at radius 1 is 0.917 bits per heavy atom. The minimum absolute atomic E-state index is 0.358. The van der Waals surface area contributed by atoms with E-state index in [2.05, 4.69) is 6.92 Å². The smallest absolute Gasteiger partial charge is 0.0431 e. The average molecular weight is 190 g/mol. The summed E-state index contributed by atoms with van der Waals surface area (Å²) in [5.74, 6) is 2.54. The van der Waals surface area contributed by atoms with Gasteiger partial charge in [-0.3, -0.25) is 0 Å². The largest absolute Gasteiger partial charge is 0.396 e. The van der Waals surface area contributed by atoms with Crippen molar-refractivity contribution < 1.29 is 5.11 Å². The van der Waals surface area contributed by atoms with E-state index < -0.39 is 0 Å². The van der Waals surface area contributed by atoms with Crippen molar-refractivity contribution in [2.75, 3.05) is 18.1 Å². The fraction of sp³-hybridized carbons (Fsp3) is 1.00. The van der Waals surface area contributed by atoms with Crippen molar-refractivity contribution >= 4 is 11.8 Å². The molecule has 0 heterocycles. The summed E-state index contributed by atoms with van der Waals surface area (Å²) in [5, 5.41) is 8.53. The summed E-state index contributed by atoms with van der Waals surface area (Å²) in [6.45, 7) is 2.60. The van der Waals surface area contributed by atoms with Crippen LogP contribution in [0.1, 0.15) is 45.4 Å². The molecule has 0 saturated heterocycles. The lowest BCUT2D eigenvalue weighted by Gasteiger charge is -2.00. The lowest BCUT2D eigenvalue weighted by molar-refractivity contribution is 0.287. The van der Waals surface area contributed by atoms with Crippen molar-refractivity contribution in [3.8, 4) is 0 Å². The van der Waals surface area contributed by atoms with E-state index in [1.54, 1.807) is 0 Å². The third-order valence-corrected chi connectivity index (χ3v) is 2.99. The Balaban J connectivity index is 2.73. The molecule has 74 valence electrons. The van der Waals surface area contributed by atoms with Crippen molar-refractivity contribution in [1.82, 2.24) is 0 Å². The van der Waals surface area contributed by atoms with Crippen molar-refractivity contribution in [3.63, 3.8) is 0 Å². The van der Waals surface area contributed by atoms with E-state index in [4.69, 9.17) is 5.11 Å². The highest BCUT2D eigenvalue weighted by molar-refractivity contribution is 7.99. The Hall–Kier alpha value is 0.310. The predicted molar refractivity (Wildman–Crippen MR) is 57.8 cm³/mol. The van der Waals surface area contributed by atoms with Crippen LogP contribution in [0.4, 0.5) is 0 Å². The van der Waals surface area contributed by atoms with Gasteiger partial charge in [-0.25, -0.2) is 0 Å². The first-order valence-electron chi connectivity index (χ1n) is 5.10. The zero-order chi connectivity index (χ0) is 9.07. The van der Waals surface area contributed by atoms with E-state index in [0.29, 0.717) is 6.61 Å². The molecule has 0 atom stereocenters. The molecule has 0 unspecified atom stereocenters. The fourth-order valence-corrected chi connectivity index (χ4v) is 2.07. The van der Waals surface area contributed by atoms with E-state index >= 15 is 0 Å². The second-order valence-corrected chi connectivity index (χ2v) is 4.33. The molecule has 0 saturated carbocycles. The van der Waals surface area contributed by atoms with Crippen LogP contribution < -0.4 is 0 Å². The summed E-state index contributed by atoms with van der Waals surface area (Å²) < 4.78 is 0. The molecule has 0 radical (unpaired) electrons. The first-order chi connectivity index (χ1) is 5.91. The van der Waals surface area contributed by atoms with Crippen LogP contribution in [0.2, 0.25) is 0 Å². The van der Waals surface area contributed by atoms with Gasteiger partial charge in [-0.1, -0.05) is 26.2 Å². The average Bonchev–Trinajstić information content (AvgIpc) is 2.10. The van der Waals surface area contributed by atoms with Crippen LogP contribution in [0.25, 0.3) is 0 Å². The Labute approximate surface area is 80.9 Å². The normalized spacial score (nSPS) is 10.5. The molecule has 12 heavy (non-hydrogen) atoms. The zero-order valence-corrected chi connectivity index (χ0v) is 9.04. The molecule has 1 nitrogen and oxygen atoms in total. The van der Waals surface area contributed by atoms with Gasteiger partial charge in [0.1, 0.15) is 0 Å². The number of aliphatic hydroxyl groups is 1. The second-order valence-electron chi connectivity index (χ2n) is 3.10. The Bertz CT molecular complexity index is 66.2. The number of aliphatic hydroxyl groups excluding tert-OH is 1. The SMILES string of the molecule is CCCCCCSCCCCO. The maximum Gasteiger partial charge on any atom is 0.0431 e. The Morgan fingerprint density at radius 3 is 2.17 bits per heavy atom. The van der Waals surface area contributed by atoms with E-state index in [1.165, 1.54) is 43.6 Å². The standard InChI is InChI=1S/C10H22OS/c1-2-3-4-6-9-12-10-7-5-8-11/h11H,2-10H2,1H3. The lowest BCUT2D eigenvalue weighted by Crippen LogP contribution is -1.87. The third-order valence-electron chi connectivity index (χ3n) is 1.84. The van der Waals surface area contributed by atoms with Gasteiger partial charge in [0.25, 0.3) is 0 Å². The minimum Gasteiger partial charge on any atom is -0.396 e. The summed E-state index contributed by atoms with van der Waals surface area (Å²) >= 11 is 2.03. The Morgan fingerprint density at radius 2 is 1.58 bits per heavy atom. The monoisotopic (exact) mass is 190 g/mol. The number of thioether (sulfide) groups is 1. The van der Waals surface area contributed by atoms with Crippen molar-refractivity contribution in [2.45, 2.75) is 45.4 Å². The Kier molecular flexibility index (Phi) is 11.6. The topological polar surface area (TPSA) is 20.2 Å². The maximum atomic E-state index is 8.53.